The largest absolute Gasteiger partial charge is 0.494 e. The van der Waals surface area contributed by atoms with Gasteiger partial charge in [0.05, 0.1) is 7.11 Å². The Morgan fingerprint density at radius 3 is 2.78 bits per heavy atom. The van der Waals surface area contributed by atoms with Gasteiger partial charge in [-0.25, -0.2) is 4.79 Å². The molecule has 0 saturated carbocycles. The highest BCUT2D eigenvalue weighted by Crippen LogP contribution is 2.28. The van der Waals surface area contributed by atoms with E-state index in [1.54, 1.807) is 6.07 Å². The Bertz CT molecular complexity index is 475. The molecule has 1 aromatic rings. The van der Waals surface area contributed by atoms with Gasteiger partial charge in [0, 0.05) is 6.42 Å². The Labute approximate surface area is 102 Å². The van der Waals surface area contributed by atoms with Gasteiger partial charge < -0.3 is 15.7 Å². The van der Waals surface area contributed by atoms with E-state index in [1.807, 2.05) is 0 Å². The van der Waals surface area contributed by atoms with E-state index in [9.17, 15) is 9.70 Å². The average molecular weight is 252 g/mol. The lowest BCUT2D eigenvalue weighted by atomic mass is 10.1. The maximum Gasteiger partial charge on any atom is 0.330 e. The lowest BCUT2D eigenvalue weighted by Crippen LogP contribution is -2.20. The number of methoxy groups -OCH3 is 1. The molecule has 8 heteroatoms. The molecule has 0 amide bonds. The summed E-state index contributed by atoms with van der Waals surface area (Å²) in [7, 11) is 1.41. The molecule has 3 N–H and O–H groups in total. The molecular weight excluding hydrogens is 240 g/mol. The van der Waals surface area contributed by atoms with E-state index in [4.69, 9.17) is 15.7 Å². The van der Waals surface area contributed by atoms with Crippen LogP contribution in [0, 0.1) is 4.91 Å². The van der Waals surface area contributed by atoms with Crippen molar-refractivity contribution in [2.45, 2.75) is 12.5 Å². The predicted molar refractivity (Wildman–Crippen MR) is 62.6 cm³/mol. The first-order chi connectivity index (χ1) is 8.62. The van der Waals surface area contributed by atoms with E-state index < -0.39 is 12.0 Å². The molecule has 96 valence electrons. The van der Waals surface area contributed by atoms with Gasteiger partial charge in [-0.15, -0.1) is 4.91 Å². The molecule has 0 aliphatic carbocycles. The summed E-state index contributed by atoms with van der Waals surface area (Å²) in [6.07, 6.45) is 0.0581. The second kappa shape index (κ2) is 6.28. The van der Waals surface area contributed by atoms with Crippen molar-refractivity contribution < 1.29 is 14.6 Å². The van der Waals surface area contributed by atoms with E-state index >= 15 is 0 Å². The number of nitroso groups, excluding NO2 is 1. The summed E-state index contributed by atoms with van der Waals surface area (Å²) in [5, 5.41) is 18.0. The molecule has 18 heavy (non-hydrogen) atoms. The van der Waals surface area contributed by atoms with Crippen LogP contribution in [0.1, 0.15) is 5.56 Å². The molecule has 0 aromatic heterocycles. The van der Waals surface area contributed by atoms with Crippen LogP contribution in [-0.4, -0.2) is 24.2 Å². The Hall–Kier alpha value is -2.51. The number of hydrogen-bond donors (Lipinski definition) is 2. The highest BCUT2D eigenvalue weighted by molar-refractivity contribution is 5.74. The van der Waals surface area contributed by atoms with Gasteiger partial charge in [-0.2, -0.15) is 5.11 Å². The lowest BCUT2D eigenvalue weighted by Gasteiger charge is -2.08. The number of carboxylic acids is 1. The summed E-state index contributed by atoms with van der Waals surface area (Å²) in [6, 6.07) is 3.50. The molecule has 0 fully saturated rings. The zero-order valence-electron chi connectivity index (χ0n) is 9.61. The molecule has 0 heterocycles. The smallest absolute Gasteiger partial charge is 0.330 e. The van der Waals surface area contributed by atoms with Gasteiger partial charge in [-0.05, 0) is 22.9 Å². The van der Waals surface area contributed by atoms with Crippen LogP contribution in [0.2, 0.25) is 0 Å². The average Bonchev–Trinajstić information content (AvgIpc) is 2.37. The molecule has 0 bridgehead atoms. The maximum absolute atomic E-state index is 10.9. The molecule has 1 unspecified atom stereocenters. The van der Waals surface area contributed by atoms with Crippen LogP contribution in [0.25, 0.3) is 0 Å². The fourth-order valence-electron chi connectivity index (χ4n) is 1.42. The quantitative estimate of drug-likeness (QED) is 0.342. The highest BCUT2D eigenvalue weighted by Gasteiger charge is 2.18. The van der Waals surface area contributed by atoms with Crippen molar-refractivity contribution >= 4 is 11.7 Å². The van der Waals surface area contributed by atoms with Crippen LogP contribution >= 0.6 is 0 Å². The highest BCUT2D eigenvalue weighted by atomic mass is 16.5. The summed E-state index contributed by atoms with van der Waals surface area (Å²) in [5.74, 6) is 4.00. The Balaban J connectivity index is 2.96. The number of carboxylic acid groups (broad SMARTS) is 1. The monoisotopic (exact) mass is 252 g/mol. The summed E-state index contributed by atoms with van der Waals surface area (Å²) >= 11 is 0. The third-order valence-electron chi connectivity index (χ3n) is 2.26. The minimum Gasteiger partial charge on any atom is -0.494 e. The molecule has 1 atom stereocenters. The summed E-state index contributed by atoms with van der Waals surface area (Å²) < 4.78 is 4.92. The zero-order valence-corrected chi connectivity index (χ0v) is 9.61. The van der Waals surface area contributed by atoms with Crippen molar-refractivity contribution in [1.29, 1.82) is 0 Å². The normalized spacial score (nSPS) is 12.3. The molecular formula is C10H12N4O4. The SMILES string of the molecule is COc1ccc(CC(N=NN)C(=O)O)cc1N=O. The van der Waals surface area contributed by atoms with E-state index in [2.05, 4.69) is 15.5 Å². The van der Waals surface area contributed by atoms with Crippen molar-refractivity contribution in [3.05, 3.63) is 28.7 Å². The maximum atomic E-state index is 10.9. The van der Waals surface area contributed by atoms with Crippen LogP contribution in [0.5, 0.6) is 5.75 Å². The minimum absolute atomic E-state index is 0.0581. The fourth-order valence-corrected chi connectivity index (χ4v) is 1.42. The third-order valence-corrected chi connectivity index (χ3v) is 2.26. The number of benzene rings is 1. The van der Waals surface area contributed by atoms with Crippen LogP contribution in [0.4, 0.5) is 5.69 Å². The number of hydrogen-bond acceptors (Lipinski definition) is 6. The molecule has 0 aliphatic heterocycles. The van der Waals surface area contributed by atoms with Gasteiger partial charge in [0.25, 0.3) is 0 Å². The van der Waals surface area contributed by atoms with Gasteiger partial charge in [-0.1, -0.05) is 11.3 Å². The number of rotatable bonds is 6. The van der Waals surface area contributed by atoms with E-state index in [0.717, 1.165) is 0 Å². The third kappa shape index (κ3) is 3.24. The predicted octanol–water partition coefficient (Wildman–Crippen LogP) is 1.41. The second-order valence-electron chi connectivity index (χ2n) is 3.39. The van der Waals surface area contributed by atoms with Crippen LogP contribution in [0.3, 0.4) is 0 Å². The fraction of sp³-hybridized carbons (Fsp3) is 0.300. The van der Waals surface area contributed by atoms with Crippen molar-refractivity contribution in [3.63, 3.8) is 0 Å². The second-order valence-corrected chi connectivity index (χ2v) is 3.39. The Morgan fingerprint density at radius 1 is 1.56 bits per heavy atom. The standard InChI is InChI=1S/C10H12N4O4/c1-18-9-3-2-6(4-7(9)13-17)5-8(10(15)16)12-14-11/h2-4,8H,5H2,1H3,(H2,11,12)(H,15,16). The first-order valence-corrected chi connectivity index (χ1v) is 4.95. The first kappa shape index (κ1) is 13.6. The van der Waals surface area contributed by atoms with Crippen LogP contribution in [0.15, 0.2) is 33.7 Å². The van der Waals surface area contributed by atoms with Crippen LogP contribution in [-0.2, 0) is 11.2 Å². The van der Waals surface area contributed by atoms with Crippen molar-refractivity contribution in [3.8, 4) is 5.75 Å². The summed E-state index contributed by atoms with van der Waals surface area (Å²) in [5.41, 5.74) is 0.675. The number of nitrogens with two attached hydrogens (primary N) is 1. The number of carbonyl (C=O) groups is 1. The van der Waals surface area contributed by atoms with Crippen molar-refractivity contribution in [2.75, 3.05) is 7.11 Å². The van der Waals surface area contributed by atoms with Crippen LogP contribution < -0.4 is 10.6 Å². The number of nitrogens with zero attached hydrogens (tertiary/aromatic N) is 3. The molecule has 0 spiro atoms. The van der Waals surface area contributed by atoms with Crippen molar-refractivity contribution in [1.82, 2.24) is 0 Å². The van der Waals surface area contributed by atoms with E-state index in [1.165, 1.54) is 19.2 Å². The number of ether oxygens (including phenoxy) is 1. The van der Waals surface area contributed by atoms with E-state index in [0.29, 0.717) is 11.3 Å². The van der Waals surface area contributed by atoms with Gasteiger partial charge >= 0.3 is 5.97 Å². The minimum atomic E-state index is -1.15. The molecule has 8 nitrogen and oxygen atoms in total. The summed E-state index contributed by atoms with van der Waals surface area (Å²) in [4.78, 5) is 21.4. The van der Waals surface area contributed by atoms with Gasteiger partial charge in [-0.3, -0.25) is 0 Å². The van der Waals surface area contributed by atoms with Crippen molar-refractivity contribution in [2.24, 2.45) is 21.4 Å². The topological polar surface area (TPSA) is 127 Å². The number of aliphatic carboxylic acids is 1. The van der Waals surface area contributed by atoms with E-state index in [-0.39, 0.29) is 12.1 Å². The molecule has 0 radical (unpaired) electrons. The summed E-state index contributed by atoms with van der Waals surface area (Å²) in [6.45, 7) is 0. The zero-order chi connectivity index (χ0) is 13.5. The molecule has 1 aromatic carbocycles. The molecule has 1 rings (SSSR count). The Kier molecular flexibility index (Phi) is 4.73. The van der Waals surface area contributed by atoms with Gasteiger partial charge in [0.1, 0.15) is 11.4 Å². The van der Waals surface area contributed by atoms with Gasteiger partial charge in [0.2, 0.25) is 0 Å². The molecule has 0 aliphatic rings. The lowest BCUT2D eigenvalue weighted by molar-refractivity contribution is -0.138. The first-order valence-electron chi connectivity index (χ1n) is 4.95. The van der Waals surface area contributed by atoms with Gasteiger partial charge in [0.15, 0.2) is 6.04 Å². The Morgan fingerprint density at radius 2 is 2.28 bits per heavy atom. The molecule has 0 saturated heterocycles.